The highest BCUT2D eigenvalue weighted by Crippen LogP contribution is 2.30. The van der Waals surface area contributed by atoms with E-state index >= 15 is 0 Å². The number of benzene rings is 5. The molecule has 0 aliphatic heterocycles. The largest absolute Gasteiger partial charge is 0.288 e. The summed E-state index contributed by atoms with van der Waals surface area (Å²) in [4.78, 5) is 24.0. The number of hydrogen-bond donors (Lipinski definition) is 0. The van der Waals surface area contributed by atoms with E-state index in [-0.39, 0.29) is 5.56 Å². The van der Waals surface area contributed by atoms with Gasteiger partial charge in [0.2, 0.25) is 0 Å². The maximum Gasteiger partial charge on any atom is 0.266 e. The average molecular weight is 489 g/mol. The summed E-state index contributed by atoms with van der Waals surface area (Å²) < 4.78 is 3.83. The van der Waals surface area contributed by atoms with Gasteiger partial charge >= 0.3 is 0 Å². The molecule has 38 heavy (non-hydrogen) atoms. The van der Waals surface area contributed by atoms with E-state index < -0.39 is 0 Å². The monoisotopic (exact) mass is 488 g/mol. The zero-order chi connectivity index (χ0) is 25.2. The summed E-state index contributed by atoms with van der Waals surface area (Å²) in [6.45, 7) is 0. The first-order valence-corrected chi connectivity index (χ1v) is 12.6. The Hall–Kier alpha value is -5.29. The first kappa shape index (κ1) is 20.9. The molecule has 5 heteroatoms. The second kappa shape index (κ2) is 7.85. The lowest BCUT2D eigenvalue weighted by Gasteiger charge is -2.11. The van der Waals surface area contributed by atoms with Crippen molar-refractivity contribution in [2.45, 2.75) is 0 Å². The highest BCUT2D eigenvalue weighted by molar-refractivity contribution is 5.97. The quantitative estimate of drug-likeness (QED) is 0.192. The molecule has 0 fully saturated rings. The third-order valence-electron chi connectivity index (χ3n) is 7.30. The molecule has 0 N–H and O–H groups in total. The Labute approximate surface area is 216 Å². The molecule has 0 aliphatic rings. The molecular weight excluding hydrogens is 468 g/mol. The van der Waals surface area contributed by atoms with E-state index in [4.69, 9.17) is 9.97 Å². The Morgan fingerprint density at radius 3 is 1.66 bits per heavy atom. The molecule has 5 nitrogen and oxygen atoms in total. The fourth-order valence-electron chi connectivity index (χ4n) is 5.50. The minimum absolute atomic E-state index is 0.0969. The lowest BCUT2D eigenvalue weighted by Crippen LogP contribution is -2.17. The number of hydrogen-bond acceptors (Lipinski definition) is 3. The number of rotatable bonds is 2. The second-order valence-corrected chi connectivity index (χ2v) is 9.50. The van der Waals surface area contributed by atoms with Crippen molar-refractivity contribution < 1.29 is 0 Å². The normalized spacial score (nSPS) is 11.8. The fourth-order valence-corrected chi connectivity index (χ4v) is 5.50. The molecule has 0 unspecified atom stereocenters. The molecule has 0 saturated carbocycles. The van der Waals surface area contributed by atoms with Gasteiger partial charge in [0.25, 0.3) is 5.56 Å². The molecule has 8 aromatic rings. The van der Waals surface area contributed by atoms with Crippen LogP contribution in [0.25, 0.3) is 66.5 Å². The third-order valence-corrected chi connectivity index (χ3v) is 7.30. The highest BCUT2D eigenvalue weighted by atomic mass is 16.1. The van der Waals surface area contributed by atoms with Crippen LogP contribution >= 0.6 is 0 Å². The van der Waals surface area contributed by atoms with Crippen LogP contribution in [0.5, 0.6) is 0 Å². The summed E-state index contributed by atoms with van der Waals surface area (Å²) in [5.41, 5.74) is 9.65. The van der Waals surface area contributed by atoms with Crippen LogP contribution in [0.4, 0.5) is 0 Å². The van der Waals surface area contributed by atoms with Gasteiger partial charge in [0.15, 0.2) is 11.3 Å². The molecule has 0 atom stereocenters. The van der Waals surface area contributed by atoms with Crippen molar-refractivity contribution in [3.63, 3.8) is 0 Å². The van der Waals surface area contributed by atoms with Crippen LogP contribution in [0.2, 0.25) is 0 Å². The Balaban J connectivity index is 1.50. The predicted molar refractivity (Wildman–Crippen MR) is 154 cm³/mol. The van der Waals surface area contributed by atoms with Gasteiger partial charge in [0.05, 0.1) is 33.0 Å². The van der Waals surface area contributed by atoms with E-state index in [2.05, 4.69) is 46.9 Å². The van der Waals surface area contributed by atoms with Crippen LogP contribution < -0.4 is 5.56 Å². The maximum atomic E-state index is 13.9. The van der Waals surface area contributed by atoms with Gasteiger partial charge in [-0.05, 0) is 58.7 Å². The summed E-state index contributed by atoms with van der Waals surface area (Å²) in [6.07, 6.45) is 0. The number of aromatic nitrogens is 4. The lowest BCUT2D eigenvalue weighted by atomic mass is 10.0. The van der Waals surface area contributed by atoms with Crippen LogP contribution in [-0.2, 0) is 0 Å². The van der Waals surface area contributed by atoms with Crippen molar-refractivity contribution in [2.24, 2.45) is 0 Å². The maximum absolute atomic E-state index is 13.9. The van der Waals surface area contributed by atoms with E-state index in [1.165, 1.54) is 0 Å². The fraction of sp³-hybridized carbons (Fsp3) is 0. The van der Waals surface area contributed by atoms with E-state index in [0.717, 1.165) is 44.3 Å². The van der Waals surface area contributed by atoms with Crippen LogP contribution in [0.3, 0.4) is 0 Å². The second-order valence-electron chi connectivity index (χ2n) is 9.50. The Morgan fingerprint density at radius 1 is 0.447 bits per heavy atom. The minimum atomic E-state index is -0.0969. The first-order valence-electron chi connectivity index (χ1n) is 12.6. The van der Waals surface area contributed by atoms with Crippen LogP contribution in [0.15, 0.2) is 126 Å². The molecule has 3 heterocycles. The lowest BCUT2D eigenvalue weighted by molar-refractivity contribution is 1.10. The molecule has 0 bridgehead atoms. The van der Waals surface area contributed by atoms with Gasteiger partial charge in [0, 0.05) is 0 Å². The Kier molecular flexibility index (Phi) is 4.31. The van der Waals surface area contributed by atoms with Crippen molar-refractivity contribution in [3.8, 4) is 22.3 Å². The van der Waals surface area contributed by atoms with Gasteiger partial charge in [-0.15, -0.1) is 0 Å². The summed E-state index contributed by atoms with van der Waals surface area (Å²) in [6, 6.07) is 40.6. The molecule has 0 radical (unpaired) electrons. The van der Waals surface area contributed by atoms with E-state index in [9.17, 15) is 4.79 Å². The SMILES string of the molecule is O=c1c2ccc(-c3ccccc3)cc2nc2c3nc4cc(-c5ccccc5)ccc4n3c3ccccc3n12. The van der Waals surface area contributed by atoms with Crippen LogP contribution in [0.1, 0.15) is 0 Å². The third kappa shape index (κ3) is 2.96. The Morgan fingerprint density at radius 2 is 0.974 bits per heavy atom. The van der Waals surface area contributed by atoms with Gasteiger partial charge in [0.1, 0.15) is 0 Å². The molecule has 8 rings (SSSR count). The molecule has 3 aromatic heterocycles. The zero-order valence-electron chi connectivity index (χ0n) is 20.2. The van der Waals surface area contributed by atoms with Crippen molar-refractivity contribution >= 4 is 44.3 Å². The molecule has 0 spiro atoms. The first-order chi connectivity index (χ1) is 18.8. The molecule has 0 amide bonds. The topological polar surface area (TPSA) is 51.7 Å². The van der Waals surface area contributed by atoms with Gasteiger partial charge < -0.3 is 0 Å². The minimum Gasteiger partial charge on any atom is -0.288 e. The summed E-state index contributed by atoms with van der Waals surface area (Å²) in [5.74, 6) is 0. The van der Waals surface area contributed by atoms with Crippen molar-refractivity contribution in [1.82, 2.24) is 18.8 Å². The van der Waals surface area contributed by atoms with Crippen LogP contribution in [-0.4, -0.2) is 18.8 Å². The summed E-state index contributed by atoms with van der Waals surface area (Å²) in [7, 11) is 0. The van der Waals surface area contributed by atoms with E-state index in [0.29, 0.717) is 22.2 Å². The van der Waals surface area contributed by atoms with Crippen LogP contribution in [0, 0.1) is 0 Å². The van der Waals surface area contributed by atoms with Gasteiger partial charge in [-0.25, -0.2) is 9.97 Å². The number of fused-ring (bicyclic) bond motifs is 9. The molecule has 5 aromatic carbocycles. The van der Waals surface area contributed by atoms with E-state index in [1.807, 2.05) is 78.9 Å². The number of imidazole rings is 1. The molecule has 0 saturated heterocycles. The highest BCUT2D eigenvalue weighted by Gasteiger charge is 2.18. The van der Waals surface area contributed by atoms with E-state index in [1.54, 1.807) is 4.40 Å². The van der Waals surface area contributed by atoms with Crippen molar-refractivity contribution in [1.29, 1.82) is 0 Å². The zero-order valence-corrected chi connectivity index (χ0v) is 20.2. The number of para-hydroxylation sites is 2. The van der Waals surface area contributed by atoms with Crippen molar-refractivity contribution in [2.75, 3.05) is 0 Å². The average Bonchev–Trinajstić information content (AvgIpc) is 3.37. The molecule has 178 valence electrons. The van der Waals surface area contributed by atoms with Crippen molar-refractivity contribution in [3.05, 3.63) is 132 Å². The number of nitrogens with zero attached hydrogens (tertiary/aromatic N) is 4. The standard InChI is InChI=1S/C33H20N4O/c38-33-25-17-15-23(21-9-3-1-4-10-21)19-26(25)34-32-31-35-27-20-24(22-11-5-2-6-12-22)16-18-28(27)36(31)29-13-7-8-14-30(29)37(32)33/h1-20H. The summed E-state index contributed by atoms with van der Waals surface area (Å²) in [5, 5.41) is 0.583. The molecular formula is C33H20N4O. The van der Waals surface area contributed by atoms with Gasteiger partial charge in [-0.2, -0.15) is 0 Å². The molecule has 0 aliphatic carbocycles. The summed E-state index contributed by atoms with van der Waals surface area (Å²) >= 11 is 0. The smallest absolute Gasteiger partial charge is 0.266 e. The van der Waals surface area contributed by atoms with Gasteiger partial charge in [-0.3, -0.25) is 13.6 Å². The Bertz CT molecular complexity index is 2250. The van der Waals surface area contributed by atoms with Gasteiger partial charge in [-0.1, -0.05) is 84.9 Å². The predicted octanol–water partition coefficient (Wildman–Crippen LogP) is 7.14.